The van der Waals surface area contributed by atoms with Crippen LogP contribution in [0.1, 0.15) is 43.5 Å². The van der Waals surface area contributed by atoms with Gasteiger partial charge < -0.3 is 10.6 Å². The first-order chi connectivity index (χ1) is 16.9. The maximum absolute atomic E-state index is 13.1. The quantitative estimate of drug-likeness (QED) is 0.295. The summed E-state index contributed by atoms with van der Waals surface area (Å²) >= 11 is 0. The van der Waals surface area contributed by atoms with Crippen LogP contribution in [0.2, 0.25) is 0 Å². The minimum absolute atomic E-state index is 0.198. The van der Waals surface area contributed by atoms with Crippen LogP contribution in [0.15, 0.2) is 65.9 Å². The number of carbonyl (C=O) groups is 3. The molecule has 4 aromatic rings. The van der Waals surface area contributed by atoms with Crippen molar-refractivity contribution < 1.29 is 14.4 Å². The largest absolute Gasteiger partial charge is 0.325 e. The van der Waals surface area contributed by atoms with Gasteiger partial charge in [0.25, 0.3) is 5.91 Å². The van der Waals surface area contributed by atoms with Crippen molar-refractivity contribution in [3.63, 3.8) is 0 Å². The topological polar surface area (TPSA) is 134 Å². The fourth-order valence-corrected chi connectivity index (χ4v) is 3.81. The molecule has 35 heavy (non-hydrogen) atoms. The monoisotopic (exact) mass is 467 g/mol. The first kappa shape index (κ1) is 22.0. The summed E-state index contributed by atoms with van der Waals surface area (Å²) in [6.45, 7) is 1.86. The number of aliphatic imine (C=N–C) groups is 1. The smallest absolute Gasteiger partial charge is 0.258 e. The molecule has 2 amide bonds. The number of fused-ring (bicyclic) bond motifs is 1. The molecule has 1 aliphatic heterocycles. The van der Waals surface area contributed by atoms with Crippen molar-refractivity contribution in [3.05, 3.63) is 88.9 Å². The van der Waals surface area contributed by atoms with Crippen LogP contribution in [-0.2, 0) is 11.8 Å². The molecule has 0 saturated heterocycles. The molecular formula is C25H21N7O3. The molecule has 174 valence electrons. The van der Waals surface area contributed by atoms with E-state index in [1.54, 1.807) is 66.5 Å². The van der Waals surface area contributed by atoms with Gasteiger partial charge in [0.05, 0.1) is 11.8 Å². The van der Waals surface area contributed by atoms with Gasteiger partial charge in [-0.05, 0) is 55.0 Å². The zero-order valence-electron chi connectivity index (χ0n) is 18.9. The number of benzene rings is 2. The van der Waals surface area contributed by atoms with Gasteiger partial charge in [0, 0.05) is 53.7 Å². The average Bonchev–Trinajstić information content (AvgIpc) is 3.55. The van der Waals surface area contributed by atoms with Crippen LogP contribution in [0.25, 0.3) is 0 Å². The third kappa shape index (κ3) is 4.49. The van der Waals surface area contributed by atoms with Crippen LogP contribution in [0.3, 0.4) is 0 Å². The lowest BCUT2D eigenvalue weighted by Crippen LogP contribution is -2.13. The highest BCUT2D eigenvalue weighted by atomic mass is 16.2. The van der Waals surface area contributed by atoms with Crippen LogP contribution in [0, 0.1) is 6.92 Å². The molecule has 3 N–H and O–H groups in total. The second-order valence-corrected chi connectivity index (χ2v) is 8.22. The Kier molecular flexibility index (Phi) is 5.54. The molecule has 3 heterocycles. The molecule has 10 heteroatoms. The van der Waals surface area contributed by atoms with E-state index in [0.717, 1.165) is 5.69 Å². The Morgan fingerprint density at radius 3 is 2.54 bits per heavy atom. The number of carbonyl (C=O) groups excluding carboxylic acids is 3. The molecule has 2 aromatic heterocycles. The van der Waals surface area contributed by atoms with Crippen LogP contribution in [0.5, 0.6) is 0 Å². The first-order valence-electron chi connectivity index (χ1n) is 10.8. The third-order valence-electron chi connectivity index (χ3n) is 5.61. The van der Waals surface area contributed by atoms with Gasteiger partial charge in [-0.3, -0.25) is 24.2 Å². The van der Waals surface area contributed by atoms with Crippen LogP contribution in [-0.4, -0.2) is 43.8 Å². The van der Waals surface area contributed by atoms with E-state index in [2.05, 4.69) is 30.9 Å². The molecule has 0 bridgehead atoms. The van der Waals surface area contributed by atoms with Gasteiger partial charge in [-0.25, -0.2) is 4.99 Å². The number of nitrogens with zero attached hydrogens (tertiary/aromatic N) is 4. The fourth-order valence-electron chi connectivity index (χ4n) is 3.81. The number of aromatic nitrogens is 4. The van der Waals surface area contributed by atoms with Crippen molar-refractivity contribution in [2.75, 3.05) is 10.6 Å². The number of rotatable bonds is 6. The van der Waals surface area contributed by atoms with E-state index < -0.39 is 5.92 Å². The first-order valence-corrected chi connectivity index (χ1v) is 10.8. The summed E-state index contributed by atoms with van der Waals surface area (Å²) < 4.78 is 1.55. The Balaban J connectivity index is 1.33. The van der Waals surface area contributed by atoms with Crippen LogP contribution >= 0.6 is 0 Å². The van der Waals surface area contributed by atoms with Crippen LogP contribution in [0.4, 0.5) is 17.2 Å². The fraction of sp³-hybridized carbons (Fsp3) is 0.120. The van der Waals surface area contributed by atoms with Crippen molar-refractivity contribution >= 4 is 41.0 Å². The maximum atomic E-state index is 13.1. The molecule has 0 radical (unpaired) electrons. The summed E-state index contributed by atoms with van der Waals surface area (Å²) in [5.74, 6) is -0.845. The highest BCUT2D eigenvalue weighted by Crippen LogP contribution is 2.33. The van der Waals surface area contributed by atoms with E-state index in [-0.39, 0.29) is 17.6 Å². The van der Waals surface area contributed by atoms with Gasteiger partial charge in [0.2, 0.25) is 5.91 Å². The lowest BCUT2D eigenvalue weighted by molar-refractivity contribution is -0.115. The van der Waals surface area contributed by atoms with E-state index >= 15 is 0 Å². The summed E-state index contributed by atoms with van der Waals surface area (Å²) in [5.41, 5.74) is 4.09. The lowest BCUT2D eigenvalue weighted by atomic mass is 9.96. The molecule has 1 unspecified atom stereocenters. The predicted octanol–water partition coefficient (Wildman–Crippen LogP) is 3.37. The number of aromatic amines is 1. The number of hydrogen-bond acceptors (Lipinski definition) is 6. The highest BCUT2D eigenvalue weighted by Gasteiger charge is 2.30. The van der Waals surface area contributed by atoms with Gasteiger partial charge in [-0.2, -0.15) is 10.2 Å². The normalized spacial score (nSPS) is 14.7. The summed E-state index contributed by atoms with van der Waals surface area (Å²) in [4.78, 5) is 42.2. The molecule has 0 fully saturated rings. The zero-order chi connectivity index (χ0) is 24.5. The average molecular weight is 467 g/mol. The maximum Gasteiger partial charge on any atom is 0.258 e. The van der Waals surface area contributed by atoms with E-state index in [1.165, 1.54) is 12.4 Å². The van der Waals surface area contributed by atoms with Gasteiger partial charge >= 0.3 is 0 Å². The van der Waals surface area contributed by atoms with E-state index in [0.29, 0.717) is 39.4 Å². The van der Waals surface area contributed by atoms with Gasteiger partial charge in [-0.1, -0.05) is 0 Å². The van der Waals surface area contributed by atoms with Crippen molar-refractivity contribution in [1.29, 1.82) is 0 Å². The number of ketones is 1. The SMILES string of the molecule is Cc1cc(N=CC2C(=O)Nc3ccc(C(=O)c4ccc(NC(=O)c5cnn(C)c5)cc4)cc32)n[nH]1. The molecule has 0 spiro atoms. The predicted molar refractivity (Wildman–Crippen MR) is 130 cm³/mol. The Bertz CT molecular complexity index is 1480. The van der Waals surface area contributed by atoms with Gasteiger partial charge in [0.15, 0.2) is 11.6 Å². The number of H-pyrrole nitrogens is 1. The molecule has 2 aromatic carbocycles. The van der Waals surface area contributed by atoms with Crippen molar-refractivity contribution in [2.24, 2.45) is 12.0 Å². The number of nitrogens with one attached hydrogen (secondary N) is 3. The number of amides is 2. The minimum atomic E-state index is -0.625. The van der Waals surface area contributed by atoms with Gasteiger partial charge in [-0.15, -0.1) is 0 Å². The van der Waals surface area contributed by atoms with Crippen molar-refractivity contribution in [1.82, 2.24) is 20.0 Å². The van der Waals surface area contributed by atoms with Crippen molar-refractivity contribution in [3.8, 4) is 0 Å². The summed E-state index contributed by atoms with van der Waals surface area (Å²) in [7, 11) is 1.73. The second kappa shape index (κ2) is 8.82. The molecule has 0 saturated carbocycles. The summed E-state index contributed by atoms with van der Waals surface area (Å²) in [6, 6.07) is 13.5. The molecule has 0 aliphatic carbocycles. The van der Waals surface area contributed by atoms with Crippen molar-refractivity contribution in [2.45, 2.75) is 12.8 Å². The van der Waals surface area contributed by atoms with E-state index in [1.807, 2.05) is 6.92 Å². The van der Waals surface area contributed by atoms with E-state index in [4.69, 9.17) is 0 Å². The van der Waals surface area contributed by atoms with Gasteiger partial charge in [0.1, 0.15) is 5.92 Å². The molecule has 10 nitrogen and oxygen atoms in total. The zero-order valence-corrected chi connectivity index (χ0v) is 18.9. The molecular weight excluding hydrogens is 446 g/mol. The second-order valence-electron chi connectivity index (χ2n) is 8.22. The minimum Gasteiger partial charge on any atom is -0.325 e. The molecule has 5 rings (SSSR count). The number of hydrogen-bond donors (Lipinski definition) is 3. The highest BCUT2D eigenvalue weighted by molar-refractivity contribution is 6.15. The van der Waals surface area contributed by atoms with E-state index in [9.17, 15) is 14.4 Å². The Hall–Kier alpha value is -4.86. The lowest BCUT2D eigenvalue weighted by Gasteiger charge is -2.08. The number of anilines is 2. The Labute approximate surface area is 200 Å². The van der Waals surface area contributed by atoms with Crippen LogP contribution < -0.4 is 10.6 Å². The summed E-state index contributed by atoms with van der Waals surface area (Å²) in [5, 5.41) is 16.4. The summed E-state index contributed by atoms with van der Waals surface area (Å²) in [6.07, 6.45) is 4.63. The number of aryl methyl sites for hydroxylation is 2. The standard InChI is InChI=1S/C25H21N7O3/c1-14-9-22(31-30-14)26-12-20-19-10-16(5-8-21(19)29-25(20)35)23(33)15-3-6-18(7-4-15)28-24(34)17-11-27-32(2)13-17/h3-13,20H,1-2H3,(H,28,34)(H,29,35)(H,30,31). The third-order valence-corrected chi connectivity index (χ3v) is 5.61. The molecule has 1 aliphatic rings. The molecule has 1 atom stereocenters. The Morgan fingerprint density at radius 1 is 1.09 bits per heavy atom. The Morgan fingerprint density at radius 2 is 1.86 bits per heavy atom.